The normalized spacial score (nSPS) is 9.94. The number of fused-ring (bicyclic) bond motifs is 1. The first-order valence-corrected chi connectivity index (χ1v) is 5.27. The minimum atomic E-state index is -0.113. The largest absolute Gasteiger partial charge is 0.463 e. The highest BCUT2D eigenvalue weighted by atomic mass is 35.5. The Kier molecular flexibility index (Phi) is 5.00. The average Bonchev–Trinajstić information content (AvgIpc) is 2.73. The maximum Gasteiger partial charge on any atom is 0.255 e. The molecule has 0 bridgehead atoms. The van der Waals surface area contributed by atoms with Gasteiger partial charge in [0.15, 0.2) is 0 Å². The molecule has 1 heterocycles. The van der Waals surface area contributed by atoms with Crippen molar-refractivity contribution in [1.82, 2.24) is 5.32 Å². The van der Waals surface area contributed by atoms with Gasteiger partial charge in [0.25, 0.3) is 5.91 Å². The monoisotopic (exact) mass is 254 g/mol. The summed E-state index contributed by atoms with van der Waals surface area (Å²) in [6.45, 7) is 1.17. The number of furan rings is 1. The molecule has 1 aromatic carbocycles. The van der Waals surface area contributed by atoms with Gasteiger partial charge in [-0.15, -0.1) is 12.4 Å². The second kappa shape index (κ2) is 6.27. The number of benzene rings is 1. The van der Waals surface area contributed by atoms with Crippen LogP contribution in [0.15, 0.2) is 34.9 Å². The van der Waals surface area contributed by atoms with Crippen LogP contribution in [0.1, 0.15) is 16.8 Å². The van der Waals surface area contributed by atoms with Gasteiger partial charge in [-0.1, -0.05) is 18.2 Å². The number of carbonyl (C=O) groups excluding carboxylic acids is 1. The van der Waals surface area contributed by atoms with Crippen molar-refractivity contribution in [3.8, 4) is 0 Å². The molecule has 0 aliphatic rings. The predicted octanol–water partition coefficient (Wildman–Crippen LogP) is 1.93. The summed E-state index contributed by atoms with van der Waals surface area (Å²) in [5.41, 5.74) is 6.66. The number of hydrogen-bond acceptors (Lipinski definition) is 3. The van der Waals surface area contributed by atoms with Crippen molar-refractivity contribution < 1.29 is 9.21 Å². The lowest BCUT2D eigenvalue weighted by Gasteiger charge is -2.01. The first-order valence-electron chi connectivity index (χ1n) is 5.27. The summed E-state index contributed by atoms with van der Waals surface area (Å²) in [6.07, 6.45) is 2.27. The Morgan fingerprint density at radius 3 is 2.88 bits per heavy atom. The molecule has 4 nitrogen and oxygen atoms in total. The van der Waals surface area contributed by atoms with Crippen molar-refractivity contribution >= 4 is 29.3 Å². The van der Waals surface area contributed by atoms with Crippen LogP contribution >= 0.6 is 12.4 Å². The van der Waals surface area contributed by atoms with E-state index in [1.807, 2.05) is 24.3 Å². The molecule has 2 aromatic rings. The molecule has 0 saturated heterocycles. The van der Waals surface area contributed by atoms with E-state index in [2.05, 4.69) is 5.32 Å². The van der Waals surface area contributed by atoms with E-state index in [1.165, 1.54) is 6.26 Å². The number of nitrogens with one attached hydrogen (secondary N) is 1. The fourth-order valence-corrected chi connectivity index (χ4v) is 1.55. The van der Waals surface area contributed by atoms with Crippen LogP contribution in [-0.4, -0.2) is 19.0 Å². The molecule has 2 rings (SSSR count). The zero-order valence-electron chi connectivity index (χ0n) is 9.31. The molecule has 0 atom stereocenters. The number of halogens is 1. The van der Waals surface area contributed by atoms with E-state index in [-0.39, 0.29) is 18.3 Å². The van der Waals surface area contributed by atoms with Gasteiger partial charge in [0.1, 0.15) is 11.8 Å². The number of rotatable bonds is 4. The molecule has 5 heteroatoms. The molecular formula is C12H15ClN2O2. The molecule has 92 valence electrons. The average molecular weight is 255 g/mol. The lowest BCUT2D eigenvalue weighted by molar-refractivity contribution is 0.0954. The molecule has 0 aliphatic carbocycles. The molecule has 17 heavy (non-hydrogen) atoms. The van der Waals surface area contributed by atoms with Crippen LogP contribution < -0.4 is 11.1 Å². The zero-order valence-corrected chi connectivity index (χ0v) is 10.1. The van der Waals surface area contributed by atoms with E-state index in [4.69, 9.17) is 10.2 Å². The Balaban J connectivity index is 0.00000144. The van der Waals surface area contributed by atoms with Gasteiger partial charge in [0.05, 0.1) is 5.56 Å². The molecule has 0 fully saturated rings. The lowest BCUT2D eigenvalue weighted by atomic mass is 10.1. The second-order valence-electron chi connectivity index (χ2n) is 3.54. The molecule has 0 spiro atoms. The Labute approximate surface area is 106 Å². The van der Waals surface area contributed by atoms with Crippen molar-refractivity contribution in [3.63, 3.8) is 0 Å². The van der Waals surface area contributed by atoms with Gasteiger partial charge in [0.2, 0.25) is 0 Å². The van der Waals surface area contributed by atoms with Crippen LogP contribution in [0.25, 0.3) is 11.0 Å². The number of amides is 1. The van der Waals surface area contributed by atoms with Gasteiger partial charge >= 0.3 is 0 Å². The van der Waals surface area contributed by atoms with Crippen molar-refractivity contribution in [3.05, 3.63) is 36.1 Å². The quantitative estimate of drug-likeness (QED) is 0.820. The summed E-state index contributed by atoms with van der Waals surface area (Å²) in [4.78, 5) is 11.8. The standard InChI is InChI=1S/C12H14N2O2.ClH/c13-6-3-7-14-12(15)10-8-16-11-5-2-1-4-9(10)11;/h1-2,4-5,8H,3,6-7,13H2,(H,14,15);1H. The van der Waals surface area contributed by atoms with Crippen molar-refractivity contribution in [2.75, 3.05) is 13.1 Å². The number of hydrogen-bond donors (Lipinski definition) is 2. The van der Waals surface area contributed by atoms with Gasteiger partial charge in [0, 0.05) is 11.9 Å². The fourth-order valence-electron chi connectivity index (χ4n) is 1.55. The molecule has 3 N–H and O–H groups in total. The van der Waals surface area contributed by atoms with Crippen LogP contribution in [0, 0.1) is 0 Å². The number of para-hydroxylation sites is 1. The van der Waals surface area contributed by atoms with Crippen molar-refractivity contribution in [2.24, 2.45) is 5.73 Å². The number of carbonyl (C=O) groups is 1. The maximum absolute atomic E-state index is 11.8. The van der Waals surface area contributed by atoms with Crippen LogP contribution in [-0.2, 0) is 0 Å². The predicted molar refractivity (Wildman–Crippen MR) is 69.5 cm³/mol. The summed E-state index contributed by atoms with van der Waals surface area (Å²) >= 11 is 0. The van der Waals surface area contributed by atoms with Gasteiger partial charge in [-0.2, -0.15) is 0 Å². The summed E-state index contributed by atoms with van der Waals surface area (Å²) in [6, 6.07) is 7.47. The summed E-state index contributed by atoms with van der Waals surface area (Å²) < 4.78 is 5.29. The highest BCUT2D eigenvalue weighted by molar-refractivity contribution is 6.05. The Morgan fingerprint density at radius 2 is 2.12 bits per heavy atom. The van der Waals surface area contributed by atoms with Gasteiger partial charge in [-0.25, -0.2) is 0 Å². The zero-order chi connectivity index (χ0) is 11.4. The summed E-state index contributed by atoms with van der Waals surface area (Å²) in [7, 11) is 0. The van der Waals surface area contributed by atoms with E-state index in [1.54, 1.807) is 0 Å². The third-order valence-electron chi connectivity index (χ3n) is 2.39. The highest BCUT2D eigenvalue weighted by Crippen LogP contribution is 2.20. The van der Waals surface area contributed by atoms with Crippen molar-refractivity contribution in [2.45, 2.75) is 6.42 Å². The molecular weight excluding hydrogens is 240 g/mol. The molecule has 1 aromatic heterocycles. The highest BCUT2D eigenvalue weighted by Gasteiger charge is 2.12. The minimum Gasteiger partial charge on any atom is -0.463 e. The van der Waals surface area contributed by atoms with Gasteiger partial charge in [-0.05, 0) is 19.0 Å². The smallest absolute Gasteiger partial charge is 0.255 e. The minimum absolute atomic E-state index is 0. The Morgan fingerprint density at radius 1 is 1.35 bits per heavy atom. The van der Waals surface area contributed by atoms with E-state index in [0.29, 0.717) is 18.7 Å². The third-order valence-corrected chi connectivity index (χ3v) is 2.39. The third kappa shape index (κ3) is 2.99. The molecule has 0 saturated carbocycles. The first kappa shape index (κ1) is 13.5. The molecule has 0 radical (unpaired) electrons. The molecule has 1 amide bonds. The summed E-state index contributed by atoms with van der Waals surface area (Å²) in [5, 5.41) is 3.64. The topological polar surface area (TPSA) is 68.3 Å². The fraction of sp³-hybridized carbons (Fsp3) is 0.250. The summed E-state index contributed by atoms with van der Waals surface area (Å²) in [5.74, 6) is -0.113. The van der Waals surface area contributed by atoms with E-state index in [9.17, 15) is 4.79 Å². The first-order chi connectivity index (χ1) is 7.83. The second-order valence-corrected chi connectivity index (χ2v) is 3.54. The van der Waals surface area contributed by atoms with Crippen LogP contribution in [0.5, 0.6) is 0 Å². The Bertz CT molecular complexity index is 496. The number of nitrogens with two attached hydrogens (primary N) is 1. The van der Waals surface area contributed by atoms with Gasteiger partial charge in [-0.3, -0.25) is 4.79 Å². The van der Waals surface area contributed by atoms with Crippen LogP contribution in [0.3, 0.4) is 0 Å². The van der Waals surface area contributed by atoms with E-state index in [0.717, 1.165) is 17.4 Å². The van der Waals surface area contributed by atoms with Crippen LogP contribution in [0.2, 0.25) is 0 Å². The molecule has 0 aliphatic heterocycles. The van der Waals surface area contributed by atoms with E-state index >= 15 is 0 Å². The van der Waals surface area contributed by atoms with E-state index < -0.39 is 0 Å². The van der Waals surface area contributed by atoms with Crippen molar-refractivity contribution in [1.29, 1.82) is 0 Å². The van der Waals surface area contributed by atoms with Gasteiger partial charge < -0.3 is 15.5 Å². The van der Waals surface area contributed by atoms with Crippen LogP contribution in [0.4, 0.5) is 0 Å². The molecule has 0 unspecified atom stereocenters. The maximum atomic E-state index is 11.8. The Hall–Kier alpha value is -1.52. The SMILES string of the molecule is Cl.NCCCNC(=O)c1coc2ccccc12. The lowest BCUT2D eigenvalue weighted by Crippen LogP contribution is -2.25.